The molecule has 0 aromatic heterocycles. The molecule has 2 aromatic carbocycles. The van der Waals surface area contributed by atoms with Crippen LogP contribution in [0.5, 0.6) is 0 Å². The van der Waals surface area contributed by atoms with Crippen molar-refractivity contribution in [3.8, 4) is 0 Å². The number of nitrogens with zero attached hydrogens (tertiary/aromatic N) is 1. The Bertz CT molecular complexity index is 908. The van der Waals surface area contributed by atoms with E-state index in [0.29, 0.717) is 30.1 Å². The van der Waals surface area contributed by atoms with Crippen molar-refractivity contribution < 1.29 is 14.4 Å². The number of amides is 3. The highest BCUT2D eigenvalue weighted by molar-refractivity contribution is 6.30. The molecule has 0 saturated carbocycles. The van der Waals surface area contributed by atoms with E-state index < -0.39 is 0 Å². The van der Waals surface area contributed by atoms with Gasteiger partial charge in [0.25, 0.3) is 5.91 Å². The van der Waals surface area contributed by atoms with Crippen LogP contribution in [0.15, 0.2) is 54.6 Å². The van der Waals surface area contributed by atoms with Crippen LogP contribution in [0.3, 0.4) is 0 Å². The lowest BCUT2D eigenvalue weighted by atomic mass is 10.2. The van der Waals surface area contributed by atoms with E-state index in [1.54, 1.807) is 35.2 Å². The molecule has 7 heteroatoms. The molecule has 6 nitrogen and oxygen atoms in total. The second-order valence-electron chi connectivity index (χ2n) is 6.63. The van der Waals surface area contributed by atoms with Gasteiger partial charge >= 0.3 is 0 Å². The normalized spacial score (nSPS) is 13.7. The van der Waals surface area contributed by atoms with Crippen molar-refractivity contribution in [3.05, 3.63) is 70.8 Å². The lowest BCUT2D eigenvalue weighted by Gasteiger charge is -2.15. The second-order valence-corrected chi connectivity index (χ2v) is 7.06. The zero-order valence-corrected chi connectivity index (χ0v) is 16.6. The van der Waals surface area contributed by atoms with Crippen LogP contribution in [0.2, 0.25) is 5.02 Å². The van der Waals surface area contributed by atoms with E-state index in [1.807, 2.05) is 24.3 Å². The van der Waals surface area contributed by atoms with Crippen LogP contribution in [0.25, 0.3) is 6.08 Å². The lowest BCUT2D eigenvalue weighted by Crippen LogP contribution is -2.33. The van der Waals surface area contributed by atoms with E-state index in [2.05, 4.69) is 10.6 Å². The zero-order valence-electron chi connectivity index (χ0n) is 15.9. The van der Waals surface area contributed by atoms with E-state index in [9.17, 15) is 14.4 Å². The summed E-state index contributed by atoms with van der Waals surface area (Å²) in [4.78, 5) is 37.4. The van der Waals surface area contributed by atoms with Gasteiger partial charge in [-0.2, -0.15) is 0 Å². The molecular formula is C22H22ClN3O3. The van der Waals surface area contributed by atoms with Crippen molar-refractivity contribution in [3.63, 3.8) is 0 Å². The summed E-state index contributed by atoms with van der Waals surface area (Å²) in [6.45, 7) is 1.39. The van der Waals surface area contributed by atoms with Crippen LogP contribution in [0.1, 0.15) is 28.8 Å². The van der Waals surface area contributed by atoms with Crippen molar-refractivity contribution in [1.82, 2.24) is 10.6 Å². The first kappa shape index (κ1) is 20.6. The largest absolute Gasteiger partial charge is 0.351 e. The maximum atomic E-state index is 11.9. The summed E-state index contributed by atoms with van der Waals surface area (Å²) in [5.41, 5.74) is 2.26. The Hall–Kier alpha value is -3.12. The summed E-state index contributed by atoms with van der Waals surface area (Å²) < 4.78 is 0. The molecule has 1 aliphatic heterocycles. The van der Waals surface area contributed by atoms with E-state index in [4.69, 9.17) is 11.6 Å². The molecule has 1 heterocycles. The Balaban J connectivity index is 1.40. The van der Waals surface area contributed by atoms with Crippen LogP contribution >= 0.6 is 11.6 Å². The van der Waals surface area contributed by atoms with Gasteiger partial charge in [0.05, 0.1) is 0 Å². The molecule has 1 aliphatic rings. The van der Waals surface area contributed by atoms with Crippen LogP contribution in [0.4, 0.5) is 5.69 Å². The molecule has 0 radical (unpaired) electrons. The van der Waals surface area contributed by atoms with Gasteiger partial charge in [-0.1, -0.05) is 23.7 Å². The molecule has 3 amide bonds. The summed E-state index contributed by atoms with van der Waals surface area (Å²) in [5.74, 6) is -0.316. The van der Waals surface area contributed by atoms with Gasteiger partial charge in [0.2, 0.25) is 11.8 Å². The summed E-state index contributed by atoms with van der Waals surface area (Å²) in [6.07, 6.45) is 4.64. The number of anilines is 1. The minimum absolute atomic E-state index is 0.149. The molecule has 0 atom stereocenters. The Morgan fingerprint density at radius 2 is 1.69 bits per heavy atom. The highest BCUT2D eigenvalue weighted by Gasteiger charge is 2.21. The van der Waals surface area contributed by atoms with Crippen molar-refractivity contribution in [2.24, 2.45) is 0 Å². The van der Waals surface area contributed by atoms with E-state index in [1.165, 1.54) is 6.08 Å². The van der Waals surface area contributed by atoms with Crippen molar-refractivity contribution >= 4 is 41.1 Å². The Kier molecular flexibility index (Phi) is 7.03. The predicted octanol–water partition coefficient (Wildman–Crippen LogP) is 3.03. The van der Waals surface area contributed by atoms with Gasteiger partial charge in [-0.15, -0.1) is 0 Å². The maximum absolute atomic E-state index is 11.9. The van der Waals surface area contributed by atoms with Gasteiger partial charge < -0.3 is 15.5 Å². The maximum Gasteiger partial charge on any atom is 0.251 e. The van der Waals surface area contributed by atoms with E-state index in [-0.39, 0.29) is 17.7 Å². The Morgan fingerprint density at radius 1 is 1.00 bits per heavy atom. The SMILES string of the molecule is O=C(/C=C/c1ccc(N2CCCC2=O)cc1)NCCNC(=O)c1ccc(Cl)cc1. The molecule has 3 rings (SSSR count). The number of hydrogen-bond donors (Lipinski definition) is 2. The predicted molar refractivity (Wildman–Crippen MR) is 114 cm³/mol. The third-order valence-corrected chi connectivity index (χ3v) is 4.77. The highest BCUT2D eigenvalue weighted by Crippen LogP contribution is 2.21. The first-order valence-electron chi connectivity index (χ1n) is 9.43. The van der Waals surface area contributed by atoms with Crippen LogP contribution in [0, 0.1) is 0 Å². The van der Waals surface area contributed by atoms with E-state index >= 15 is 0 Å². The van der Waals surface area contributed by atoms with Gasteiger partial charge in [0, 0.05) is 48.4 Å². The first-order valence-corrected chi connectivity index (χ1v) is 9.81. The van der Waals surface area contributed by atoms with Crippen molar-refractivity contribution in [1.29, 1.82) is 0 Å². The molecule has 2 aromatic rings. The molecule has 29 heavy (non-hydrogen) atoms. The van der Waals surface area contributed by atoms with Gasteiger partial charge in [0.15, 0.2) is 0 Å². The van der Waals surface area contributed by atoms with Crippen LogP contribution < -0.4 is 15.5 Å². The van der Waals surface area contributed by atoms with E-state index in [0.717, 1.165) is 24.2 Å². The molecule has 0 spiro atoms. The number of benzene rings is 2. The van der Waals surface area contributed by atoms with Gasteiger partial charge in [0.1, 0.15) is 0 Å². The zero-order chi connectivity index (χ0) is 20.6. The highest BCUT2D eigenvalue weighted by atomic mass is 35.5. The quantitative estimate of drug-likeness (QED) is 0.543. The van der Waals surface area contributed by atoms with Crippen molar-refractivity contribution in [2.45, 2.75) is 12.8 Å². The Morgan fingerprint density at radius 3 is 2.34 bits per heavy atom. The fourth-order valence-corrected chi connectivity index (χ4v) is 3.11. The lowest BCUT2D eigenvalue weighted by molar-refractivity contribution is -0.117. The molecule has 2 N–H and O–H groups in total. The number of rotatable bonds is 7. The first-order chi connectivity index (χ1) is 14.0. The number of carbonyl (C=O) groups is 3. The average Bonchev–Trinajstić information content (AvgIpc) is 3.16. The Labute approximate surface area is 174 Å². The minimum atomic E-state index is -0.246. The molecule has 0 unspecified atom stereocenters. The van der Waals surface area contributed by atoms with Crippen LogP contribution in [-0.4, -0.2) is 37.4 Å². The molecule has 0 bridgehead atoms. The number of carbonyl (C=O) groups excluding carboxylic acids is 3. The second kappa shape index (κ2) is 9.89. The minimum Gasteiger partial charge on any atom is -0.351 e. The summed E-state index contributed by atoms with van der Waals surface area (Å²) in [5, 5.41) is 6.02. The summed E-state index contributed by atoms with van der Waals surface area (Å²) in [6, 6.07) is 14.1. The standard InChI is InChI=1S/C22H22ClN3O3/c23-18-8-6-17(7-9-18)22(29)25-14-13-24-20(27)12-5-16-3-10-19(11-4-16)26-15-1-2-21(26)28/h3-12H,1-2,13-15H2,(H,24,27)(H,25,29)/b12-5+. The van der Waals surface area contributed by atoms with Crippen LogP contribution in [-0.2, 0) is 9.59 Å². The average molecular weight is 412 g/mol. The topological polar surface area (TPSA) is 78.5 Å². The fourth-order valence-electron chi connectivity index (χ4n) is 2.98. The van der Waals surface area contributed by atoms with Gasteiger partial charge in [-0.3, -0.25) is 14.4 Å². The number of halogens is 1. The summed E-state index contributed by atoms with van der Waals surface area (Å²) in [7, 11) is 0. The van der Waals surface area contributed by atoms with Gasteiger partial charge in [-0.25, -0.2) is 0 Å². The smallest absolute Gasteiger partial charge is 0.251 e. The molecule has 1 fully saturated rings. The number of nitrogens with one attached hydrogen (secondary N) is 2. The monoisotopic (exact) mass is 411 g/mol. The van der Waals surface area contributed by atoms with Crippen molar-refractivity contribution in [2.75, 3.05) is 24.5 Å². The molecule has 0 aliphatic carbocycles. The number of hydrogen-bond acceptors (Lipinski definition) is 3. The molecule has 150 valence electrons. The summed E-state index contributed by atoms with van der Waals surface area (Å²) >= 11 is 5.79. The fraction of sp³-hybridized carbons (Fsp3) is 0.227. The molecular weight excluding hydrogens is 390 g/mol. The third kappa shape index (κ3) is 5.93. The third-order valence-electron chi connectivity index (χ3n) is 4.52. The van der Waals surface area contributed by atoms with Gasteiger partial charge in [-0.05, 0) is 54.5 Å². The molecule has 1 saturated heterocycles.